The SMILES string of the molecule is CCOC1OC(c2ccccc2)=Cc2c(C)c[o+]c(-c3ccccc3)c21. The molecule has 1 aromatic heterocycles. The third-order valence-corrected chi connectivity index (χ3v) is 4.47. The van der Waals surface area contributed by atoms with E-state index in [9.17, 15) is 0 Å². The predicted octanol–water partition coefficient (Wildman–Crippen LogP) is 6.10. The van der Waals surface area contributed by atoms with Crippen molar-refractivity contribution in [2.45, 2.75) is 20.1 Å². The third-order valence-electron chi connectivity index (χ3n) is 4.47. The van der Waals surface area contributed by atoms with Crippen molar-refractivity contribution in [3.05, 3.63) is 89.2 Å². The molecule has 1 aliphatic rings. The summed E-state index contributed by atoms with van der Waals surface area (Å²) in [6.07, 6.45) is 3.38. The van der Waals surface area contributed by atoms with Crippen LogP contribution in [0.4, 0.5) is 0 Å². The minimum absolute atomic E-state index is 0.505. The molecule has 3 nitrogen and oxygen atoms in total. The van der Waals surface area contributed by atoms with E-state index in [-0.39, 0.29) is 0 Å². The molecule has 0 N–H and O–H groups in total. The second kappa shape index (κ2) is 7.14. The van der Waals surface area contributed by atoms with E-state index in [2.05, 4.69) is 6.08 Å². The first-order valence-corrected chi connectivity index (χ1v) is 8.84. The zero-order valence-corrected chi connectivity index (χ0v) is 14.9. The van der Waals surface area contributed by atoms with Crippen molar-refractivity contribution in [1.29, 1.82) is 0 Å². The molecule has 0 aliphatic carbocycles. The molecule has 0 radical (unpaired) electrons. The first kappa shape index (κ1) is 16.6. The van der Waals surface area contributed by atoms with Gasteiger partial charge in [-0.1, -0.05) is 48.5 Å². The maximum atomic E-state index is 6.24. The summed E-state index contributed by atoms with van der Waals surface area (Å²) in [5, 5.41) is 0. The fourth-order valence-electron chi connectivity index (χ4n) is 3.21. The van der Waals surface area contributed by atoms with Gasteiger partial charge in [0.2, 0.25) is 6.29 Å². The van der Waals surface area contributed by atoms with Gasteiger partial charge in [-0.3, -0.25) is 0 Å². The summed E-state index contributed by atoms with van der Waals surface area (Å²) in [5.41, 5.74) is 5.13. The summed E-state index contributed by atoms with van der Waals surface area (Å²) in [4.78, 5) is 0. The van der Waals surface area contributed by atoms with Crippen LogP contribution in [-0.4, -0.2) is 6.61 Å². The Bertz CT molecular complexity index is 930. The number of hydrogen-bond donors (Lipinski definition) is 0. The van der Waals surface area contributed by atoms with E-state index in [0.29, 0.717) is 6.61 Å². The quantitative estimate of drug-likeness (QED) is 0.535. The van der Waals surface area contributed by atoms with Crippen molar-refractivity contribution in [2.24, 2.45) is 0 Å². The van der Waals surface area contributed by atoms with Gasteiger partial charge in [-0.25, -0.2) is 4.42 Å². The lowest BCUT2D eigenvalue weighted by Crippen LogP contribution is -2.16. The van der Waals surface area contributed by atoms with Gasteiger partial charge in [-0.15, -0.1) is 0 Å². The molecule has 0 bridgehead atoms. The molecule has 130 valence electrons. The van der Waals surface area contributed by atoms with Crippen LogP contribution < -0.4 is 0 Å². The van der Waals surface area contributed by atoms with E-state index in [4.69, 9.17) is 13.9 Å². The van der Waals surface area contributed by atoms with Crippen LogP contribution in [0.15, 0.2) is 71.3 Å². The molecule has 0 saturated carbocycles. The van der Waals surface area contributed by atoms with E-state index in [0.717, 1.165) is 39.3 Å². The molecule has 0 spiro atoms. The molecule has 26 heavy (non-hydrogen) atoms. The second-order valence-corrected chi connectivity index (χ2v) is 6.22. The van der Waals surface area contributed by atoms with Crippen molar-refractivity contribution in [1.82, 2.24) is 0 Å². The highest BCUT2D eigenvalue weighted by Gasteiger charge is 2.35. The lowest BCUT2D eigenvalue weighted by molar-refractivity contribution is -0.0976. The Balaban J connectivity index is 1.91. The molecule has 1 unspecified atom stereocenters. The van der Waals surface area contributed by atoms with Crippen molar-refractivity contribution >= 4 is 11.8 Å². The van der Waals surface area contributed by atoms with Crippen LogP contribution in [0.1, 0.15) is 35.5 Å². The maximum absolute atomic E-state index is 6.24. The standard InChI is InChI=1S/C23H21O3/c1-3-24-23-21-19(14-20(26-23)17-10-6-4-7-11-17)16(2)15-25-22(21)18-12-8-5-9-13-18/h4-15,23H,3H2,1-2H3/q+1. The molecule has 1 aliphatic heterocycles. The van der Waals surface area contributed by atoms with Gasteiger partial charge in [0.25, 0.3) is 0 Å². The second-order valence-electron chi connectivity index (χ2n) is 6.22. The monoisotopic (exact) mass is 345 g/mol. The number of benzene rings is 2. The highest BCUT2D eigenvalue weighted by Crippen LogP contribution is 2.42. The largest absolute Gasteiger partial charge is 0.460 e. The third kappa shape index (κ3) is 3.02. The Morgan fingerprint density at radius 1 is 0.962 bits per heavy atom. The van der Waals surface area contributed by atoms with Crippen molar-refractivity contribution in [3.63, 3.8) is 0 Å². The summed E-state index contributed by atoms with van der Waals surface area (Å²) in [5.74, 6) is 1.60. The molecule has 0 fully saturated rings. The predicted molar refractivity (Wildman–Crippen MR) is 103 cm³/mol. The Labute approximate surface area is 153 Å². The lowest BCUT2D eigenvalue weighted by atomic mass is 9.95. The van der Waals surface area contributed by atoms with Crippen LogP contribution in [0.3, 0.4) is 0 Å². The van der Waals surface area contributed by atoms with Crippen molar-refractivity contribution < 1.29 is 13.9 Å². The lowest BCUT2D eigenvalue weighted by Gasteiger charge is -2.26. The summed E-state index contributed by atoms with van der Waals surface area (Å²) in [7, 11) is 0. The molecule has 2 aromatic carbocycles. The highest BCUT2D eigenvalue weighted by molar-refractivity contribution is 5.83. The van der Waals surface area contributed by atoms with Crippen LogP contribution >= 0.6 is 0 Å². The summed E-state index contributed by atoms with van der Waals surface area (Å²) >= 11 is 0. The molecule has 2 heterocycles. The number of rotatable bonds is 4. The summed E-state index contributed by atoms with van der Waals surface area (Å²) < 4.78 is 18.2. The Kier molecular flexibility index (Phi) is 4.55. The van der Waals surface area contributed by atoms with E-state index < -0.39 is 6.29 Å². The minimum atomic E-state index is -0.505. The first-order chi connectivity index (χ1) is 12.8. The fraction of sp³-hybridized carbons (Fsp3) is 0.174. The van der Waals surface area contributed by atoms with Crippen molar-refractivity contribution in [2.75, 3.05) is 6.61 Å². The average Bonchev–Trinajstić information content (AvgIpc) is 2.70. The topological polar surface area (TPSA) is 29.8 Å². The highest BCUT2D eigenvalue weighted by atomic mass is 16.7. The van der Waals surface area contributed by atoms with Gasteiger partial charge in [0.1, 0.15) is 11.3 Å². The van der Waals surface area contributed by atoms with Gasteiger partial charge in [0, 0.05) is 17.7 Å². The van der Waals surface area contributed by atoms with Crippen LogP contribution in [-0.2, 0) is 9.47 Å². The maximum Gasteiger partial charge on any atom is 0.369 e. The van der Waals surface area contributed by atoms with E-state index in [1.165, 1.54) is 0 Å². The number of ether oxygens (including phenoxy) is 2. The molecule has 3 aromatic rings. The van der Waals surface area contributed by atoms with Gasteiger partial charge in [0.05, 0.1) is 11.1 Å². The van der Waals surface area contributed by atoms with Gasteiger partial charge >= 0.3 is 12.0 Å². The Morgan fingerprint density at radius 3 is 2.27 bits per heavy atom. The van der Waals surface area contributed by atoms with Gasteiger partial charge in [0.15, 0.2) is 0 Å². The average molecular weight is 345 g/mol. The Hall–Kier alpha value is -2.91. The van der Waals surface area contributed by atoms with Crippen LogP contribution in [0, 0.1) is 6.92 Å². The van der Waals surface area contributed by atoms with Gasteiger partial charge in [-0.05, 0) is 32.1 Å². The van der Waals surface area contributed by atoms with Gasteiger partial charge in [-0.2, -0.15) is 0 Å². The van der Waals surface area contributed by atoms with E-state index >= 15 is 0 Å². The molecule has 0 saturated heterocycles. The molecule has 1 atom stereocenters. The molecular weight excluding hydrogens is 324 g/mol. The number of aryl methyl sites for hydroxylation is 1. The molecule has 0 amide bonds. The van der Waals surface area contributed by atoms with Crippen LogP contribution in [0.25, 0.3) is 23.2 Å². The van der Waals surface area contributed by atoms with Crippen molar-refractivity contribution in [3.8, 4) is 11.3 Å². The molecule has 4 rings (SSSR count). The van der Waals surface area contributed by atoms with Crippen LogP contribution in [0.2, 0.25) is 0 Å². The number of hydrogen-bond acceptors (Lipinski definition) is 2. The minimum Gasteiger partial charge on any atom is -0.460 e. The molecule has 3 heteroatoms. The number of fused-ring (bicyclic) bond motifs is 1. The normalized spacial score (nSPS) is 15.8. The zero-order valence-electron chi connectivity index (χ0n) is 14.9. The fourth-order valence-corrected chi connectivity index (χ4v) is 3.21. The summed E-state index contributed by atoms with van der Waals surface area (Å²) in [6.45, 7) is 4.57. The van der Waals surface area contributed by atoms with Gasteiger partial charge < -0.3 is 9.47 Å². The zero-order chi connectivity index (χ0) is 17.9. The smallest absolute Gasteiger partial charge is 0.369 e. The van der Waals surface area contributed by atoms with E-state index in [1.807, 2.05) is 74.5 Å². The van der Waals surface area contributed by atoms with E-state index in [1.54, 1.807) is 6.26 Å². The van der Waals surface area contributed by atoms with Crippen LogP contribution in [0.5, 0.6) is 0 Å². The summed E-state index contributed by atoms with van der Waals surface area (Å²) in [6, 6.07) is 20.2. The first-order valence-electron chi connectivity index (χ1n) is 8.84. The Morgan fingerprint density at radius 2 is 1.62 bits per heavy atom. The molecular formula is C23H21O3+.